The van der Waals surface area contributed by atoms with Gasteiger partial charge in [0.25, 0.3) is 0 Å². The molecule has 18 heteroatoms. The van der Waals surface area contributed by atoms with E-state index in [9.17, 15) is 43.2 Å². The van der Waals surface area contributed by atoms with Gasteiger partial charge < -0.3 is 14.2 Å². The number of aromatic nitrogens is 3. The summed E-state index contributed by atoms with van der Waals surface area (Å²) in [4.78, 5) is 120. The third-order valence-electron chi connectivity index (χ3n) is 6.80. The smallest absolute Gasteiger partial charge is 0.338 e. The summed E-state index contributed by atoms with van der Waals surface area (Å²) in [5.41, 5.74) is -2.93. The number of nitrogens with zero attached hydrogens (tertiary/aromatic N) is 6. The Balaban J connectivity index is 1.55. The van der Waals surface area contributed by atoms with E-state index in [0.717, 1.165) is 0 Å². The number of benzene rings is 3. The first-order chi connectivity index (χ1) is 24.7. The van der Waals surface area contributed by atoms with Crippen LogP contribution in [0.3, 0.4) is 0 Å². The van der Waals surface area contributed by atoms with Gasteiger partial charge in [-0.15, -0.1) is 0 Å². The van der Waals surface area contributed by atoms with Gasteiger partial charge in [-0.3, -0.25) is 0 Å². The summed E-state index contributed by atoms with van der Waals surface area (Å²) >= 11 is 0. The van der Waals surface area contributed by atoms with E-state index in [0.29, 0.717) is 13.7 Å². The minimum atomic E-state index is -1.12. The lowest BCUT2D eigenvalue weighted by Gasteiger charge is -2.14. The lowest BCUT2D eigenvalue weighted by molar-refractivity contribution is 0.0486. The van der Waals surface area contributed by atoms with Crippen LogP contribution in [0.5, 0.6) is 0 Å². The number of ether oxygens (including phenoxy) is 3. The average Bonchev–Trinajstić information content (AvgIpc) is 3.13. The van der Waals surface area contributed by atoms with Gasteiger partial charge in [0.15, 0.2) is 0 Å². The second kappa shape index (κ2) is 17.7. The van der Waals surface area contributed by atoms with E-state index in [1.165, 1.54) is 91.0 Å². The highest BCUT2D eigenvalue weighted by molar-refractivity contribution is 5.91. The number of carbonyl (C=O) groups excluding carboxylic acids is 6. The highest BCUT2D eigenvalue weighted by Crippen LogP contribution is 2.16. The molecule has 0 fully saturated rings. The molecule has 0 aliphatic rings. The van der Waals surface area contributed by atoms with Crippen molar-refractivity contribution in [2.45, 2.75) is 19.6 Å². The Labute approximate surface area is 285 Å². The van der Waals surface area contributed by atoms with Crippen molar-refractivity contribution in [2.24, 2.45) is 15.0 Å². The first-order valence-electron chi connectivity index (χ1n) is 14.7. The molecular weight excluding hydrogens is 672 g/mol. The fraction of sp³-hybridized carbons (Fsp3) is 0.182. The van der Waals surface area contributed by atoms with E-state index in [2.05, 4.69) is 15.0 Å². The lowest BCUT2D eigenvalue weighted by Crippen LogP contribution is -2.55. The highest BCUT2D eigenvalue weighted by atomic mass is 16.5. The summed E-state index contributed by atoms with van der Waals surface area (Å²) in [6, 6.07) is 16.6. The van der Waals surface area contributed by atoms with Crippen LogP contribution in [0.1, 0.15) is 31.1 Å². The fourth-order valence-electron chi connectivity index (χ4n) is 4.46. The third kappa shape index (κ3) is 9.59. The standard InChI is InChI=1S/C33H24N6O12/c40-19-34-25-7-1-4-22(16-25)28(43)49-13-10-37-31(46)38(11-14-50-29(44)23-5-2-8-26(17-23)35-20-41)33(48)39(32(37)47)12-15-51-30(45)24-6-3-9-27(18-24)36-21-42/h1-9,16-18H,10-15H2. The molecule has 0 bridgehead atoms. The van der Waals surface area contributed by atoms with Crippen molar-refractivity contribution in [1.82, 2.24) is 13.7 Å². The Morgan fingerprint density at radius 1 is 0.490 bits per heavy atom. The van der Waals surface area contributed by atoms with E-state index in [-0.39, 0.29) is 33.8 Å². The van der Waals surface area contributed by atoms with Crippen molar-refractivity contribution in [3.05, 3.63) is 121 Å². The van der Waals surface area contributed by atoms with Gasteiger partial charge in [-0.05, 0) is 54.6 Å². The van der Waals surface area contributed by atoms with E-state index in [4.69, 9.17) is 14.2 Å². The molecule has 0 aliphatic heterocycles. The van der Waals surface area contributed by atoms with Gasteiger partial charge in [0.05, 0.1) is 53.4 Å². The molecule has 0 N–H and O–H groups in total. The second-order valence-corrected chi connectivity index (χ2v) is 9.97. The molecule has 0 unspecified atom stereocenters. The zero-order valence-electron chi connectivity index (χ0n) is 26.3. The quantitative estimate of drug-likeness (QED) is 0.0747. The molecule has 51 heavy (non-hydrogen) atoms. The largest absolute Gasteiger partial charge is 0.460 e. The van der Waals surface area contributed by atoms with Crippen molar-refractivity contribution >= 4 is 53.2 Å². The maximum atomic E-state index is 13.4. The summed E-state index contributed by atoms with van der Waals surface area (Å²) in [7, 11) is 0. The van der Waals surface area contributed by atoms with Crippen LogP contribution < -0.4 is 17.1 Å². The Kier molecular flexibility index (Phi) is 12.6. The fourth-order valence-corrected chi connectivity index (χ4v) is 4.46. The highest BCUT2D eigenvalue weighted by Gasteiger charge is 2.18. The molecule has 3 aromatic carbocycles. The molecule has 1 heterocycles. The van der Waals surface area contributed by atoms with Crippen molar-refractivity contribution in [3.63, 3.8) is 0 Å². The predicted molar refractivity (Wildman–Crippen MR) is 173 cm³/mol. The molecule has 0 amide bonds. The summed E-state index contributed by atoms with van der Waals surface area (Å²) < 4.78 is 17.4. The van der Waals surface area contributed by atoms with Gasteiger partial charge in [0.1, 0.15) is 19.8 Å². The molecule has 258 valence electrons. The van der Waals surface area contributed by atoms with Crippen LogP contribution in [0, 0.1) is 0 Å². The van der Waals surface area contributed by atoms with E-state index in [1.54, 1.807) is 0 Å². The van der Waals surface area contributed by atoms with Gasteiger partial charge in [-0.25, -0.2) is 56.9 Å². The van der Waals surface area contributed by atoms with Crippen molar-refractivity contribution in [2.75, 3.05) is 19.8 Å². The number of carbonyl (C=O) groups is 3. The normalized spacial score (nSPS) is 10.1. The van der Waals surface area contributed by atoms with Gasteiger partial charge in [-0.2, -0.15) is 15.0 Å². The summed E-state index contributed by atoms with van der Waals surface area (Å²) in [5.74, 6) is -2.61. The minimum absolute atomic E-state index is 0.0110. The van der Waals surface area contributed by atoms with Crippen LogP contribution in [0.2, 0.25) is 0 Å². The second-order valence-electron chi connectivity index (χ2n) is 9.97. The van der Waals surface area contributed by atoms with Gasteiger partial charge >= 0.3 is 35.0 Å². The molecule has 0 aliphatic carbocycles. The number of isocyanates is 3. The van der Waals surface area contributed by atoms with Crippen LogP contribution in [0.4, 0.5) is 17.1 Å². The average molecular weight is 697 g/mol. The number of hydrogen-bond acceptors (Lipinski definition) is 15. The summed E-state index contributed by atoms with van der Waals surface area (Å²) in [6.45, 7) is -3.12. The first-order valence-corrected chi connectivity index (χ1v) is 14.7. The van der Waals surface area contributed by atoms with Crippen LogP contribution in [0.15, 0.2) is 102 Å². The number of rotatable bonds is 15. The first kappa shape index (κ1) is 36.5. The Morgan fingerprint density at radius 3 is 1.02 bits per heavy atom. The van der Waals surface area contributed by atoms with E-state index < -0.39 is 74.4 Å². The zero-order chi connectivity index (χ0) is 36.8. The van der Waals surface area contributed by atoms with Gasteiger partial charge in [0, 0.05) is 0 Å². The van der Waals surface area contributed by atoms with Crippen LogP contribution in [0.25, 0.3) is 0 Å². The van der Waals surface area contributed by atoms with Crippen molar-refractivity contribution in [3.8, 4) is 0 Å². The topological polar surface area (TPSA) is 233 Å². The van der Waals surface area contributed by atoms with Crippen LogP contribution in [-0.4, -0.2) is 69.7 Å². The molecule has 0 saturated carbocycles. The number of aliphatic imine (C=N–C) groups is 3. The van der Waals surface area contributed by atoms with Crippen molar-refractivity contribution in [1.29, 1.82) is 0 Å². The molecule has 4 rings (SSSR count). The minimum Gasteiger partial charge on any atom is -0.460 e. The zero-order valence-corrected chi connectivity index (χ0v) is 26.3. The van der Waals surface area contributed by atoms with Crippen LogP contribution in [-0.2, 0) is 48.2 Å². The number of esters is 3. The van der Waals surface area contributed by atoms with Crippen molar-refractivity contribution < 1.29 is 43.0 Å². The molecular formula is C33H24N6O12. The molecule has 18 nitrogen and oxygen atoms in total. The molecule has 1 aromatic heterocycles. The predicted octanol–water partition coefficient (Wildman–Crippen LogP) is 1.64. The monoisotopic (exact) mass is 696 g/mol. The summed E-state index contributed by atoms with van der Waals surface area (Å²) in [5, 5.41) is 0. The third-order valence-corrected chi connectivity index (χ3v) is 6.80. The maximum Gasteiger partial charge on any atom is 0.338 e. The Morgan fingerprint density at radius 2 is 0.765 bits per heavy atom. The molecule has 0 atom stereocenters. The maximum absolute atomic E-state index is 13.4. The Bertz CT molecular complexity index is 2020. The van der Waals surface area contributed by atoms with Gasteiger partial charge in [-0.1, -0.05) is 18.2 Å². The molecule has 4 aromatic rings. The number of hydrogen-bond donors (Lipinski definition) is 0. The van der Waals surface area contributed by atoms with Crippen LogP contribution >= 0.6 is 0 Å². The summed E-state index contributed by atoms with van der Waals surface area (Å²) in [6.07, 6.45) is 4.04. The Hall–Kier alpha value is -7.38. The molecule has 0 saturated heterocycles. The van der Waals surface area contributed by atoms with Gasteiger partial charge in [0.2, 0.25) is 18.2 Å². The SMILES string of the molecule is O=C=Nc1cccc(C(=O)OCCn2c(=O)n(CCOC(=O)c3cccc(N=C=O)c3)c(=O)n(CCOC(=O)c3cccc(N=C=O)c3)c2=O)c1. The molecule has 0 radical (unpaired) electrons. The molecule has 0 spiro atoms. The lowest BCUT2D eigenvalue weighted by atomic mass is 10.2. The van der Waals surface area contributed by atoms with E-state index in [1.807, 2.05) is 0 Å². The van der Waals surface area contributed by atoms with E-state index >= 15 is 0 Å².